The first-order valence-electron chi connectivity index (χ1n) is 6.55. The number of rotatable bonds is 11. The minimum Gasteiger partial charge on any atom is -0.466 e. The van der Waals surface area contributed by atoms with Gasteiger partial charge in [-0.15, -0.1) is 0 Å². The van der Waals surface area contributed by atoms with Crippen molar-refractivity contribution in [1.29, 1.82) is 0 Å². The first-order valence-corrected chi connectivity index (χ1v) is 6.55. The van der Waals surface area contributed by atoms with E-state index in [0.29, 0.717) is 13.0 Å². The quantitative estimate of drug-likeness (QED) is 0.402. The van der Waals surface area contributed by atoms with Crippen molar-refractivity contribution in [2.75, 3.05) is 13.2 Å². The van der Waals surface area contributed by atoms with E-state index in [0.717, 1.165) is 25.7 Å². The Hall–Kier alpha value is -0.570. The molecule has 0 heterocycles. The maximum atomic E-state index is 11.0. The van der Waals surface area contributed by atoms with E-state index in [1.54, 1.807) is 0 Å². The van der Waals surface area contributed by atoms with E-state index in [-0.39, 0.29) is 12.6 Å². The van der Waals surface area contributed by atoms with Gasteiger partial charge >= 0.3 is 5.97 Å². The Morgan fingerprint density at radius 1 is 0.875 bits per heavy atom. The molecule has 1 radical (unpaired) electrons. The van der Waals surface area contributed by atoms with Gasteiger partial charge in [-0.05, 0) is 19.8 Å². The van der Waals surface area contributed by atoms with Crippen LogP contribution in [0, 0.1) is 0 Å². The minimum atomic E-state index is -0.0713. The van der Waals surface area contributed by atoms with E-state index >= 15 is 0 Å². The van der Waals surface area contributed by atoms with Crippen molar-refractivity contribution in [3.63, 3.8) is 0 Å². The van der Waals surface area contributed by atoms with Crippen LogP contribution in [0.3, 0.4) is 0 Å². The molecule has 0 aliphatic carbocycles. The lowest BCUT2D eigenvalue weighted by Crippen LogP contribution is -2.03. The summed E-state index contributed by atoms with van der Waals surface area (Å²) in [4.78, 5) is 11.0. The van der Waals surface area contributed by atoms with Gasteiger partial charge in [-0.2, -0.15) is 0 Å². The topological polar surface area (TPSA) is 46.2 Å². The summed E-state index contributed by atoms with van der Waals surface area (Å²) in [6.07, 6.45) is 9.33. The fourth-order valence-electron chi connectivity index (χ4n) is 1.67. The van der Waals surface area contributed by atoms with Crippen molar-refractivity contribution < 1.29 is 14.6 Å². The molecule has 0 aliphatic rings. The minimum absolute atomic E-state index is 0.0690. The summed E-state index contributed by atoms with van der Waals surface area (Å²) in [7, 11) is 0. The number of carbonyl (C=O) groups excluding carboxylic acids is 1. The smallest absolute Gasteiger partial charge is 0.305 e. The van der Waals surface area contributed by atoms with Gasteiger partial charge in [0.15, 0.2) is 0 Å². The summed E-state index contributed by atoms with van der Waals surface area (Å²) in [5, 5.41) is 10.2. The number of hydrogen-bond acceptors (Lipinski definition) is 2. The fourth-order valence-corrected chi connectivity index (χ4v) is 1.67. The molecule has 0 fully saturated rings. The molecule has 0 amide bonds. The van der Waals surface area contributed by atoms with Gasteiger partial charge in [-0.3, -0.25) is 4.79 Å². The first kappa shape index (κ1) is 15.4. The number of esters is 1. The molecule has 0 aliphatic heterocycles. The van der Waals surface area contributed by atoms with Crippen LogP contribution >= 0.6 is 0 Å². The molecule has 0 saturated heterocycles. The van der Waals surface area contributed by atoms with Crippen LogP contribution in [0.1, 0.15) is 64.7 Å². The predicted molar refractivity (Wildman–Crippen MR) is 63.7 cm³/mol. The first-order chi connectivity index (χ1) is 7.81. The summed E-state index contributed by atoms with van der Waals surface area (Å²) < 4.78 is 4.85. The Labute approximate surface area is 99.2 Å². The molecular weight excluding hydrogens is 204 g/mol. The zero-order valence-electron chi connectivity index (χ0n) is 10.5. The molecule has 0 atom stereocenters. The second-order valence-electron chi connectivity index (χ2n) is 4.09. The average molecular weight is 229 g/mol. The van der Waals surface area contributed by atoms with Crippen LogP contribution in [-0.4, -0.2) is 19.2 Å². The maximum absolute atomic E-state index is 11.0. The second kappa shape index (κ2) is 12.5. The predicted octanol–water partition coefficient (Wildman–Crippen LogP) is 3.49. The zero-order chi connectivity index (χ0) is 12.1. The van der Waals surface area contributed by atoms with Crippen LogP contribution in [-0.2, 0) is 14.6 Å². The highest BCUT2D eigenvalue weighted by Gasteiger charge is 2.00. The molecule has 0 bridgehead atoms. The molecular formula is C13H25O3. The maximum Gasteiger partial charge on any atom is 0.305 e. The summed E-state index contributed by atoms with van der Waals surface area (Å²) >= 11 is 0. The number of carbonyl (C=O) groups is 1. The van der Waals surface area contributed by atoms with E-state index in [1.165, 1.54) is 25.7 Å². The lowest BCUT2D eigenvalue weighted by Gasteiger charge is -2.02. The highest BCUT2D eigenvalue weighted by Crippen LogP contribution is 2.09. The molecule has 95 valence electrons. The highest BCUT2D eigenvalue weighted by molar-refractivity contribution is 5.69. The number of ether oxygens (including phenoxy) is 1. The van der Waals surface area contributed by atoms with Gasteiger partial charge in [0.05, 0.1) is 13.2 Å². The monoisotopic (exact) mass is 229 g/mol. The summed E-state index contributed by atoms with van der Waals surface area (Å²) in [5.41, 5.74) is 0. The molecule has 16 heavy (non-hydrogen) atoms. The molecule has 0 unspecified atom stereocenters. The molecule has 0 aromatic carbocycles. The lowest BCUT2D eigenvalue weighted by atomic mass is 10.1. The number of hydrogen-bond donors (Lipinski definition) is 0. The van der Waals surface area contributed by atoms with Crippen LogP contribution in [0.2, 0.25) is 0 Å². The summed E-state index contributed by atoms with van der Waals surface area (Å²) in [5.74, 6) is -0.0713. The SMILES string of the molecule is CCOC(=O)CCCCCCCCCC[O]. The van der Waals surface area contributed by atoms with Crippen LogP contribution in [0.25, 0.3) is 0 Å². The summed E-state index contributed by atoms with van der Waals surface area (Å²) in [6, 6.07) is 0. The van der Waals surface area contributed by atoms with Crippen LogP contribution < -0.4 is 0 Å². The lowest BCUT2D eigenvalue weighted by molar-refractivity contribution is -0.143. The Morgan fingerprint density at radius 3 is 1.88 bits per heavy atom. The van der Waals surface area contributed by atoms with E-state index in [4.69, 9.17) is 4.74 Å². The van der Waals surface area contributed by atoms with E-state index in [9.17, 15) is 9.90 Å². The van der Waals surface area contributed by atoms with Crippen molar-refractivity contribution in [3.8, 4) is 0 Å². The standard InChI is InChI=1S/C13H25O3/c1-2-16-13(15)11-9-7-5-3-4-6-8-10-12-14/h2-12H2,1H3. The Morgan fingerprint density at radius 2 is 1.38 bits per heavy atom. The molecule has 0 N–H and O–H groups in total. The Bertz CT molecular complexity index is 157. The third-order valence-electron chi connectivity index (χ3n) is 2.58. The van der Waals surface area contributed by atoms with Crippen molar-refractivity contribution in [2.45, 2.75) is 64.7 Å². The molecule has 0 aromatic heterocycles. The zero-order valence-corrected chi connectivity index (χ0v) is 10.5. The average Bonchev–Trinajstić information content (AvgIpc) is 2.27. The third-order valence-corrected chi connectivity index (χ3v) is 2.58. The molecule has 0 spiro atoms. The van der Waals surface area contributed by atoms with Crippen molar-refractivity contribution in [2.24, 2.45) is 0 Å². The molecule has 3 nitrogen and oxygen atoms in total. The van der Waals surface area contributed by atoms with Crippen molar-refractivity contribution in [3.05, 3.63) is 0 Å². The van der Waals surface area contributed by atoms with Crippen molar-refractivity contribution in [1.82, 2.24) is 0 Å². The van der Waals surface area contributed by atoms with Crippen LogP contribution in [0.4, 0.5) is 0 Å². The second-order valence-corrected chi connectivity index (χ2v) is 4.09. The Kier molecular flexibility index (Phi) is 12.1. The van der Waals surface area contributed by atoms with Crippen molar-refractivity contribution >= 4 is 5.97 Å². The van der Waals surface area contributed by atoms with Gasteiger partial charge in [0, 0.05) is 6.42 Å². The van der Waals surface area contributed by atoms with Gasteiger partial charge in [0.1, 0.15) is 0 Å². The van der Waals surface area contributed by atoms with E-state index in [1.807, 2.05) is 6.92 Å². The van der Waals surface area contributed by atoms with Gasteiger partial charge in [0.2, 0.25) is 0 Å². The molecule has 0 rings (SSSR count). The molecule has 0 aromatic rings. The highest BCUT2D eigenvalue weighted by atomic mass is 16.5. The third kappa shape index (κ3) is 11.5. The fraction of sp³-hybridized carbons (Fsp3) is 0.923. The largest absolute Gasteiger partial charge is 0.466 e. The Balaban J connectivity index is 3.01. The van der Waals surface area contributed by atoms with Crippen LogP contribution in [0.15, 0.2) is 0 Å². The van der Waals surface area contributed by atoms with Gasteiger partial charge in [-0.25, -0.2) is 5.11 Å². The van der Waals surface area contributed by atoms with Gasteiger partial charge in [0.25, 0.3) is 0 Å². The molecule has 3 heteroatoms. The van der Waals surface area contributed by atoms with Gasteiger partial charge in [-0.1, -0.05) is 38.5 Å². The van der Waals surface area contributed by atoms with Gasteiger partial charge < -0.3 is 4.74 Å². The molecule has 0 saturated carbocycles. The van der Waals surface area contributed by atoms with Crippen LogP contribution in [0.5, 0.6) is 0 Å². The van der Waals surface area contributed by atoms with E-state index < -0.39 is 0 Å². The summed E-state index contributed by atoms with van der Waals surface area (Å²) in [6.45, 7) is 2.39. The van der Waals surface area contributed by atoms with E-state index in [2.05, 4.69) is 0 Å². The normalized spacial score (nSPS) is 10.4. The number of unbranched alkanes of at least 4 members (excludes halogenated alkanes) is 7.